The molecule has 1 aromatic carbocycles. The zero-order valence-electron chi connectivity index (χ0n) is 17.8. The van der Waals surface area contributed by atoms with Gasteiger partial charge in [-0.3, -0.25) is 4.79 Å². The van der Waals surface area contributed by atoms with E-state index < -0.39 is 0 Å². The van der Waals surface area contributed by atoms with E-state index in [1.165, 1.54) is 28.0 Å². The van der Waals surface area contributed by atoms with Crippen LogP contribution in [-0.2, 0) is 22.4 Å². The Kier molecular flexibility index (Phi) is 7.53. The van der Waals surface area contributed by atoms with Crippen LogP contribution in [-0.4, -0.2) is 24.2 Å². The van der Waals surface area contributed by atoms with Crippen molar-refractivity contribution < 1.29 is 14.3 Å². The van der Waals surface area contributed by atoms with Crippen LogP contribution in [0.15, 0.2) is 29.2 Å². The van der Waals surface area contributed by atoms with Crippen LogP contribution in [0.1, 0.15) is 54.9 Å². The summed E-state index contributed by atoms with van der Waals surface area (Å²) >= 11 is 8.88. The Labute approximate surface area is 191 Å². The van der Waals surface area contributed by atoms with Crippen molar-refractivity contribution in [2.24, 2.45) is 11.3 Å². The smallest absolute Gasteiger partial charge is 0.341 e. The van der Waals surface area contributed by atoms with Gasteiger partial charge in [-0.05, 0) is 67.3 Å². The molecule has 0 saturated carbocycles. The fourth-order valence-corrected chi connectivity index (χ4v) is 5.83. The van der Waals surface area contributed by atoms with Gasteiger partial charge in [-0.15, -0.1) is 23.1 Å². The van der Waals surface area contributed by atoms with Gasteiger partial charge in [-0.2, -0.15) is 0 Å². The van der Waals surface area contributed by atoms with E-state index in [9.17, 15) is 9.59 Å². The maximum atomic E-state index is 12.7. The van der Waals surface area contributed by atoms with E-state index in [4.69, 9.17) is 16.3 Å². The van der Waals surface area contributed by atoms with Crippen molar-refractivity contribution in [2.75, 3.05) is 17.7 Å². The minimum atomic E-state index is -0.343. The molecule has 1 aliphatic rings. The molecule has 1 N–H and O–H groups in total. The second kappa shape index (κ2) is 9.75. The van der Waals surface area contributed by atoms with Crippen LogP contribution in [0, 0.1) is 11.3 Å². The number of benzene rings is 1. The van der Waals surface area contributed by atoms with Crippen molar-refractivity contribution >= 4 is 51.6 Å². The molecule has 1 heterocycles. The Morgan fingerprint density at radius 1 is 1.27 bits per heavy atom. The van der Waals surface area contributed by atoms with Gasteiger partial charge in [0.25, 0.3) is 0 Å². The highest BCUT2D eigenvalue weighted by Crippen LogP contribution is 2.44. The minimum absolute atomic E-state index is 0.133. The minimum Gasteiger partial charge on any atom is -0.462 e. The number of amides is 1. The Morgan fingerprint density at radius 3 is 2.60 bits per heavy atom. The zero-order valence-corrected chi connectivity index (χ0v) is 20.2. The standard InChI is InChI=1S/C23H28ClNO3S2/c1-5-28-22(27)20-17-11-6-14(23(2,3)4)12-18(17)30-21(20)25-19(26)13-29-16-9-7-15(24)8-10-16/h7-10,14H,5-6,11-13H2,1-4H3,(H,25,26)/t14-/m1/s1. The number of rotatable bonds is 6. The quantitative estimate of drug-likeness (QED) is 0.393. The number of carbonyl (C=O) groups excluding carboxylic acids is 2. The number of thioether (sulfide) groups is 1. The molecule has 162 valence electrons. The lowest BCUT2D eigenvalue weighted by Gasteiger charge is -2.33. The third-order valence-corrected chi connectivity index (χ3v) is 7.84. The highest BCUT2D eigenvalue weighted by Gasteiger charge is 2.34. The number of esters is 1. The number of anilines is 1. The van der Waals surface area contributed by atoms with Gasteiger partial charge in [0.15, 0.2) is 0 Å². The highest BCUT2D eigenvalue weighted by molar-refractivity contribution is 8.00. The maximum absolute atomic E-state index is 12.7. The Morgan fingerprint density at radius 2 is 1.97 bits per heavy atom. The summed E-state index contributed by atoms with van der Waals surface area (Å²) in [6.07, 6.45) is 2.82. The van der Waals surface area contributed by atoms with Gasteiger partial charge in [0.1, 0.15) is 5.00 Å². The first-order valence-electron chi connectivity index (χ1n) is 10.2. The molecule has 30 heavy (non-hydrogen) atoms. The fraction of sp³-hybridized carbons (Fsp3) is 0.478. The molecule has 3 rings (SSSR count). The van der Waals surface area contributed by atoms with Crippen LogP contribution in [0.25, 0.3) is 0 Å². The summed E-state index contributed by atoms with van der Waals surface area (Å²) in [5.74, 6) is 0.343. The monoisotopic (exact) mass is 465 g/mol. The molecule has 0 fully saturated rings. The number of carbonyl (C=O) groups is 2. The SMILES string of the molecule is CCOC(=O)c1c(NC(=O)CSc2ccc(Cl)cc2)sc2c1CC[C@@H](C(C)(C)C)C2. The summed E-state index contributed by atoms with van der Waals surface area (Å²) in [5.41, 5.74) is 1.82. The molecule has 2 aromatic rings. The van der Waals surface area contributed by atoms with Crippen LogP contribution in [0.2, 0.25) is 5.02 Å². The molecule has 1 amide bonds. The first-order valence-corrected chi connectivity index (χ1v) is 12.4. The number of thiophene rings is 1. The number of nitrogens with one attached hydrogen (secondary N) is 1. The summed E-state index contributed by atoms with van der Waals surface area (Å²) in [7, 11) is 0. The first-order chi connectivity index (χ1) is 14.2. The van der Waals surface area contributed by atoms with Crippen LogP contribution >= 0.6 is 34.7 Å². The molecule has 0 saturated heterocycles. The molecule has 1 aromatic heterocycles. The van der Waals surface area contributed by atoms with Crippen LogP contribution in [0.4, 0.5) is 5.00 Å². The maximum Gasteiger partial charge on any atom is 0.341 e. The van der Waals surface area contributed by atoms with Crippen LogP contribution in [0.5, 0.6) is 0 Å². The molecule has 0 spiro atoms. The zero-order chi connectivity index (χ0) is 21.9. The summed E-state index contributed by atoms with van der Waals surface area (Å²) in [5, 5.41) is 4.26. The average Bonchev–Trinajstić information content (AvgIpc) is 3.04. The van der Waals surface area contributed by atoms with E-state index in [2.05, 4.69) is 26.1 Å². The topological polar surface area (TPSA) is 55.4 Å². The van der Waals surface area contributed by atoms with E-state index >= 15 is 0 Å². The van der Waals surface area contributed by atoms with E-state index in [-0.39, 0.29) is 23.0 Å². The van der Waals surface area contributed by atoms with Gasteiger partial charge in [-0.1, -0.05) is 32.4 Å². The second-order valence-electron chi connectivity index (χ2n) is 8.52. The number of halogens is 1. The van der Waals surface area contributed by atoms with Crippen molar-refractivity contribution in [1.82, 2.24) is 0 Å². The van der Waals surface area contributed by atoms with E-state index in [1.54, 1.807) is 19.1 Å². The fourth-order valence-electron chi connectivity index (χ4n) is 3.67. The largest absolute Gasteiger partial charge is 0.462 e. The first kappa shape index (κ1) is 23.2. The molecule has 4 nitrogen and oxygen atoms in total. The molecule has 0 aliphatic heterocycles. The van der Waals surface area contributed by atoms with Gasteiger partial charge in [-0.25, -0.2) is 4.79 Å². The Bertz CT molecular complexity index is 916. The predicted molar refractivity (Wildman–Crippen MR) is 126 cm³/mol. The Balaban J connectivity index is 1.77. The van der Waals surface area contributed by atoms with Crippen molar-refractivity contribution in [3.05, 3.63) is 45.3 Å². The molecule has 1 atom stereocenters. The number of fused-ring (bicyclic) bond motifs is 1. The summed E-state index contributed by atoms with van der Waals surface area (Å²) in [6, 6.07) is 7.39. The highest BCUT2D eigenvalue weighted by atomic mass is 35.5. The lowest BCUT2D eigenvalue weighted by molar-refractivity contribution is -0.113. The average molecular weight is 466 g/mol. The second-order valence-corrected chi connectivity index (χ2v) is 11.1. The number of ether oxygens (including phenoxy) is 1. The molecule has 1 aliphatic carbocycles. The van der Waals surface area contributed by atoms with Gasteiger partial charge in [0.05, 0.1) is 17.9 Å². The van der Waals surface area contributed by atoms with Crippen molar-refractivity contribution in [2.45, 2.75) is 51.9 Å². The van der Waals surface area contributed by atoms with E-state index in [0.717, 1.165) is 29.7 Å². The van der Waals surface area contributed by atoms with Crippen LogP contribution < -0.4 is 5.32 Å². The number of hydrogen-bond donors (Lipinski definition) is 1. The lowest BCUT2D eigenvalue weighted by Crippen LogP contribution is -2.26. The van der Waals surface area contributed by atoms with Gasteiger partial charge >= 0.3 is 5.97 Å². The molecule has 0 radical (unpaired) electrons. The third kappa shape index (κ3) is 5.59. The molecular formula is C23H28ClNO3S2. The normalized spacial score (nSPS) is 16.1. The van der Waals surface area contributed by atoms with Gasteiger partial charge in [0, 0.05) is 14.8 Å². The lowest BCUT2D eigenvalue weighted by atomic mass is 9.72. The summed E-state index contributed by atoms with van der Waals surface area (Å²) in [4.78, 5) is 27.5. The Hall–Kier alpha value is -1.50. The number of hydrogen-bond acceptors (Lipinski definition) is 5. The molecule has 0 unspecified atom stereocenters. The summed E-state index contributed by atoms with van der Waals surface area (Å²) in [6.45, 7) is 8.90. The molecule has 0 bridgehead atoms. The predicted octanol–water partition coefficient (Wildman–Crippen LogP) is 6.46. The van der Waals surface area contributed by atoms with Crippen molar-refractivity contribution in [3.63, 3.8) is 0 Å². The van der Waals surface area contributed by atoms with Gasteiger partial charge in [0.2, 0.25) is 5.91 Å². The van der Waals surface area contributed by atoms with Crippen molar-refractivity contribution in [1.29, 1.82) is 0 Å². The summed E-state index contributed by atoms with van der Waals surface area (Å²) < 4.78 is 5.31. The molecule has 7 heteroatoms. The van der Waals surface area contributed by atoms with Crippen molar-refractivity contribution in [3.8, 4) is 0 Å². The third-order valence-electron chi connectivity index (χ3n) is 5.41. The van der Waals surface area contributed by atoms with E-state index in [1.807, 2.05) is 12.1 Å². The van der Waals surface area contributed by atoms with E-state index in [0.29, 0.717) is 28.1 Å². The molecular weight excluding hydrogens is 438 g/mol. The van der Waals surface area contributed by atoms with Gasteiger partial charge < -0.3 is 10.1 Å². The van der Waals surface area contributed by atoms with Crippen LogP contribution in [0.3, 0.4) is 0 Å².